The number of hydrogen-bond donors (Lipinski definition) is 1. The molecule has 0 aromatic heterocycles. The highest BCUT2D eigenvalue weighted by Gasteiger charge is 2.34. The lowest BCUT2D eigenvalue weighted by Gasteiger charge is -2.35. The number of piperazine rings is 1. The highest BCUT2D eigenvalue weighted by Crippen LogP contribution is 2.44. The van der Waals surface area contributed by atoms with Gasteiger partial charge in [-0.1, -0.05) is 37.1 Å². The van der Waals surface area contributed by atoms with Gasteiger partial charge < -0.3 is 15.1 Å². The molecule has 3 rings (SSSR count). The van der Waals surface area contributed by atoms with E-state index in [0.29, 0.717) is 0 Å². The van der Waals surface area contributed by atoms with Crippen molar-refractivity contribution in [3.05, 3.63) is 70.3 Å². The molecular weight excluding hydrogens is 383 g/mol. The summed E-state index contributed by atoms with van der Waals surface area (Å²) in [5.74, 6) is 0. The van der Waals surface area contributed by atoms with Gasteiger partial charge in [0.25, 0.3) is 0 Å². The third kappa shape index (κ3) is 4.82. The van der Waals surface area contributed by atoms with Gasteiger partial charge in [0.2, 0.25) is 0 Å². The van der Waals surface area contributed by atoms with Gasteiger partial charge in [0, 0.05) is 54.7 Å². The Balaban J connectivity index is 1.79. The van der Waals surface area contributed by atoms with Crippen molar-refractivity contribution in [2.45, 2.75) is 19.0 Å². The van der Waals surface area contributed by atoms with E-state index in [9.17, 15) is 13.2 Å². The van der Waals surface area contributed by atoms with Crippen LogP contribution in [0.4, 0.5) is 13.2 Å². The standard InChI is InChI=1S/C21H26F3N3S/c1-3-17-19(4-2)28-20-9-7-16(21(22,23)24)6-8-18(20)27(17)13-5-12-26-14-10-25-11-15-26/h3-4,6-7,9,25H,1-2,5,8,10-15H2. The van der Waals surface area contributed by atoms with Gasteiger partial charge in [-0.3, -0.25) is 0 Å². The van der Waals surface area contributed by atoms with Gasteiger partial charge in [-0.2, -0.15) is 13.2 Å². The fourth-order valence-corrected chi connectivity index (χ4v) is 4.70. The largest absolute Gasteiger partial charge is 0.416 e. The van der Waals surface area contributed by atoms with E-state index < -0.39 is 11.7 Å². The molecule has 3 nitrogen and oxygen atoms in total. The molecule has 1 aliphatic carbocycles. The van der Waals surface area contributed by atoms with E-state index in [4.69, 9.17) is 0 Å². The van der Waals surface area contributed by atoms with Crippen LogP contribution in [-0.4, -0.2) is 55.2 Å². The van der Waals surface area contributed by atoms with Crippen molar-refractivity contribution in [1.82, 2.24) is 15.1 Å². The minimum absolute atomic E-state index is 0.250. The van der Waals surface area contributed by atoms with E-state index in [1.165, 1.54) is 23.9 Å². The first kappa shape index (κ1) is 21.0. The van der Waals surface area contributed by atoms with Crippen molar-refractivity contribution in [2.75, 3.05) is 39.3 Å². The number of halogens is 3. The number of hydrogen-bond acceptors (Lipinski definition) is 4. The fraction of sp³-hybridized carbons (Fsp3) is 0.429. The minimum Gasteiger partial charge on any atom is -0.343 e. The van der Waals surface area contributed by atoms with Gasteiger partial charge in [-0.25, -0.2) is 0 Å². The maximum atomic E-state index is 13.2. The van der Waals surface area contributed by atoms with Crippen LogP contribution in [0, 0.1) is 0 Å². The Bertz CT molecular complexity index is 740. The molecule has 0 aromatic carbocycles. The summed E-state index contributed by atoms with van der Waals surface area (Å²) < 4.78 is 39.5. The molecule has 28 heavy (non-hydrogen) atoms. The molecule has 0 radical (unpaired) electrons. The van der Waals surface area contributed by atoms with Crippen LogP contribution in [0.15, 0.2) is 70.3 Å². The Hall–Kier alpha value is -1.70. The van der Waals surface area contributed by atoms with Gasteiger partial charge in [0.05, 0.1) is 11.3 Å². The van der Waals surface area contributed by atoms with Crippen LogP contribution in [0.1, 0.15) is 12.8 Å². The predicted octanol–water partition coefficient (Wildman–Crippen LogP) is 4.57. The third-order valence-corrected chi connectivity index (χ3v) is 6.26. The van der Waals surface area contributed by atoms with Crippen LogP contribution in [0.5, 0.6) is 0 Å². The summed E-state index contributed by atoms with van der Waals surface area (Å²) in [6.45, 7) is 13.6. The third-order valence-electron chi connectivity index (χ3n) is 5.07. The lowest BCUT2D eigenvalue weighted by molar-refractivity contribution is -0.0883. The maximum absolute atomic E-state index is 13.2. The topological polar surface area (TPSA) is 18.5 Å². The number of nitrogens with zero attached hydrogens (tertiary/aromatic N) is 2. The molecule has 1 N–H and O–H groups in total. The lowest BCUT2D eigenvalue weighted by atomic mass is 10.1. The molecule has 0 bridgehead atoms. The number of alkyl halides is 3. The van der Waals surface area contributed by atoms with Crippen LogP contribution >= 0.6 is 11.8 Å². The van der Waals surface area contributed by atoms with Crippen LogP contribution in [-0.2, 0) is 0 Å². The molecule has 152 valence electrons. The Morgan fingerprint density at radius 2 is 1.86 bits per heavy atom. The SMILES string of the molecule is C=CC1=C(C=C)N(CCCN2CCNCC2)C2=C(C=CC(C(F)(F)F)=CC2)S1. The van der Waals surface area contributed by atoms with Crippen molar-refractivity contribution in [3.8, 4) is 0 Å². The summed E-state index contributed by atoms with van der Waals surface area (Å²) in [5, 5.41) is 3.34. The van der Waals surface area contributed by atoms with Crippen molar-refractivity contribution < 1.29 is 13.2 Å². The zero-order chi connectivity index (χ0) is 20.1. The highest BCUT2D eigenvalue weighted by atomic mass is 32.2. The van der Waals surface area contributed by atoms with E-state index in [1.807, 2.05) is 0 Å². The van der Waals surface area contributed by atoms with E-state index in [0.717, 1.165) is 66.9 Å². The molecule has 0 aromatic rings. The second kappa shape index (κ2) is 9.20. The predicted molar refractivity (Wildman–Crippen MR) is 111 cm³/mol. The summed E-state index contributed by atoms with van der Waals surface area (Å²) in [4.78, 5) is 6.32. The Morgan fingerprint density at radius 1 is 1.11 bits per heavy atom. The van der Waals surface area contributed by atoms with Gasteiger partial charge >= 0.3 is 6.18 Å². The van der Waals surface area contributed by atoms with E-state index >= 15 is 0 Å². The van der Waals surface area contributed by atoms with Crippen LogP contribution in [0.2, 0.25) is 0 Å². The second-order valence-corrected chi connectivity index (χ2v) is 7.95. The normalized spacial score (nSPS) is 21.4. The zero-order valence-electron chi connectivity index (χ0n) is 15.9. The average molecular weight is 410 g/mol. The second-order valence-electron chi connectivity index (χ2n) is 6.86. The number of rotatable bonds is 6. The first-order valence-electron chi connectivity index (χ1n) is 9.50. The van der Waals surface area contributed by atoms with E-state index in [1.54, 1.807) is 18.2 Å². The van der Waals surface area contributed by atoms with Crippen molar-refractivity contribution in [2.24, 2.45) is 0 Å². The first-order valence-corrected chi connectivity index (χ1v) is 10.3. The maximum Gasteiger partial charge on any atom is 0.416 e. The van der Waals surface area contributed by atoms with Gasteiger partial charge in [0.1, 0.15) is 0 Å². The Labute approximate surface area is 169 Å². The molecule has 0 spiro atoms. The van der Waals surface area contributed by atoms with Crippen molar-refractivity contribution in [3.63, 3.8) is 0 Å². The number of allylic oxidation sites excluding steroid dienone is 6. The van der Waals surface area contributed by atoms with Gasteiger partial charge in [-0.15, -0.1) is 0 Å². The molecule has 0 atom stereocenters. The molecule has 0 unspecified atom stereocenters. The van der Waals surface area contributed by atoms with Crippen molar-refractivity contribution >= 4 is 11.8 Å². The van der Waals surface area contributed by atoms with Crippen molar-refractivity contribution in [1.29, 1.82) is 0 Å². The minimum atomic E-state index is -4.33. The molecule has 1 saturated heterocycles. The summed E-state index contributed by atoms with van der Waals surface area (Å²) in [6, 6.07) is 0. The van der Waals surface area contributed by atoms with Crippen LogP contribution in [0.25, 0.3) is 0 Å². The molecule has 2 aliphatic heterocycles. The quantitative estimate of drug-likeness (QED) is 0.692. The summed E-state index contributed by atoms with van der Waals surface area (Å²) >= 11 is 1.46. The molecular formula is C21H26F3N3S. The summed E-state index contributed by atoms with van der Waals surface area (Å²) in [5.41, 5.74) is 1.24. The highest BCUT2D eigenvalue weighted by molar-refractivity contribution is 8.07. The van der Waals surface area contributed by atoms with Crippen LogP contribution in [0.3, 0.4) is 0 Å². The molecule has 0 amide bonds. The molecule has 3 aliphatic rings. The zero-order valence-corrected chi connectivity index (χ0v) is 16.7. The molecule has 2 heterocycles. The fourth-order valence-electron chi connectivity index (χ4n) is 3.63. The van der Waals surface area contributed by atoms with E-state index in [-0.39, 0.29) is 6.42 Å². The Kier molecular flexibility index (Phi) is 6.91. The van der Waals surface area contributed by atoms with Crippen LogP contribution < -0.4 is 5.32 Å². The first-order chi connectivity index (χ1) is 13.4. The number of thioether (sulfide) groups is 1. The van der Waals surface area contributed by atoms with Gasteiger partial charge in [-0.05, 0) is 31.2 Å². The molecule has 0 saturated carbocycles. The Morgan fingerprint density at radius 3 is 2.50 bits per heavy atom. The lowest BCUT2D eigenvalue weighted by Crippen LogP contribution is -2.44. The number of nitrogens with one attached hydrogen (secondary N) is 1. The smallest absolute Gasteiger partial charge is 0.343 e. The average Bonchev–Trinajstić information content (AvgIpc) is 2.90. The van der Waals surface area contributed by atoms with Gasteiger partial charge in [0.15, 0.2) is 0 Å². The van der Waals surface area contributed by atoms with E-state index in [2.05, 4.69) is 28.3 Å². The summed E-state index contributed by atoms with van der Waals surface area (Å²) in [7, 11) is 0. The molecule has 7 heteroatoms. The summed E-state index contributed by atoms with van der Waals surface area (Å²) in [6.07, 6.45) is 4.42. The molecule has 1 fully saturated rings. The monoisotopic (exact) mass is 409 g/mol.